The third-order valence-corrected chi connectivity index (χ3v) is 3.93. The van der Waals surface area contributed by atoms with E-state index in [4.69, 9.17) is 9.47 Å². The van der Waals surface area contributed by atoms with Gasteiger partial charge in [0.2, 0.25) is 0 Å². The molecule has 0 radical (unpaired) electrons. The maximum Gasteiger partial charge on any atom is 0.323 e. The van der Waals surface area contributed by atoms with Gasteiger partial charge in [-0.05, 0) is 43.5 Å². The number of hydrogen-bond acceptors (Lipinski definition) is 4. The summed E-state index contributed by atoms with van der Waals surface area (Å²) in [5, 5.41) is 0. The second-order valence-corrected chi connectivity index (χ2v) is 5.17. The summed E-state index contributed by atoms with van der Waals surface area (Å²) in [6, 6.07) is 8.05. The van der Waals surface area contributed by atoms with E-state index >= 15 is 0 Å². The molecule has 0 aromatic heterocycles. The maximum absolute atomic E-state index is 11.8. The molecule has 1 aliphatic heterocycles. The number of esters is 1. The molecule has 4 heteroatoms. The molecule has 1 saturated heterocycles. The fraction of sp³-hybridized carbons (Fsp3) is 0.562. The second-order valence-electron chi connectivity index (χ2n) is 5.17. The average Bonchev–Trinajstić information content (AvgIpc) is 2.53. The van der Waals surface area contributed by atoms with Crippen LogP contribution in [0, 0.1) is 0 Å². The lowest BCUT2D eigenvalue weighted by Crippen LogP contribution is -2.46. The Kier molecular flexibility index (Phi) is 5.41. The highest BCUT2D eigenvalue weighted by atomic mass is 16.5. The molecule has 0 N–H and O–H groups in total. The summed E-state index contributed by atoms with van der Waals surface area (Å²) < 4.78 is 10.1. The fourth-order valence-corrected chi connectivity index (χ4v) is 2.73. The summed E-state index contributed by atoms with van der Waals surface area (Å²) in [5.41, 5.74) is 1.26. The summed E-state index contributed by atoms with van der Waals surface area (Å²) in [6.07, 6.45) is 4.13. The summed E-state index contributed by atoms with van der Waals surface area (Å²) in [6.45, 7) is 1.88. The molecule has 1 aliphatic rings. The van der Waals surface area contributed by atoms with Crippen molar-refractivity contribution in [1.29, 1.82) is 0 Å². The van der Waals surface area contributed by atoms with Crippen LogP contribution in [0.15, 0.2) is 24.3 Å². The van der Waals surface area contributed by atoms with E-state index in [2.05, 4.69) is 17.0 Å². The van der Waals surface area contributed by atoms with Gasteiger partial charge in [0.25, 0.3) is 0 Å². The molecule has 0 bridgehead atoms. The van der Waals surface area contributed by atoms with Crippen LogP contribution in [0.4, 0.5) is 0 Å². The second kappa shape index (κ2) is 7.29. The van der Waals surface area contributed by atoms with Crippen LogP contribution in [-0.4, -0.2) is 44.2 Å². The van der Waals surface area contributed by atoms with Gasteiger partial charge in [-0.1, -0.05) is 18.6 Å². The van der Waals surface area contributed by atoms with Crippen LogP contribution in [0.3, 0.4) is 0 Å². The molecular formula is C16H23NO3. The highest BCUT2D eigenvalue weighted by Gasteiger charge is 2.28. The van der Waals surface area contributed by atoms with E-state index in [-0.39, 0.29) is 12.0 Å². The highest BCUT2D eigenvalue weighted by molar-refractivity contribution is 5.75. The van der Waals surface area contributed by atoms with E-state index in [0.29, 0.717) is 0 Å². The van der Waals surface area contributed by atoms with Crippen LogP contribution in [0.25, 0.3) is 0 Å². The molecule has 0 amide bonds. The minimum Gasteiger partial charge on any atom is -0.497 e. The molecule has 1 heterocycles. The van der Waals surface area contributed by atoms with Gasteiger partial charge < -0.3 is 9.47 Å². The lowest BCUT2D eigenvalue weighted by Gasteiger charge is -2.33. The zero-order valence-corrected chi connectivity index (χ0v) is 12.3. The Bertz CT molecular complexity index is 430. The molecule has 4 nitrogen and oxygen atoms in total. The van der Waals surface area contributed by atoms with E-state index in [1.165, 1.54) is 12.7 Å². The van der Waals surface area contributed by atoms with Crippen molar-refractivity contribution in [3.05, 3.63) is 29.8 Å². The molecule has 1 aromatic rings. The Balaban J connectivity index is 1.91. The van der Waals surface area contributed by atoms with E-state index in [0.717, 1.165) is 44.5 Å². The standard InChI is InChI=1S/C16H23NO3/c1-19-14-8-6-13(7-9-14)10-12-17-11-4-3-5-15(17)16(18)20-2/h6-9,15H,3-5,10-12H2,1-2H3/t15-/m1/s1. The number of hydrogen-bond donors (Lipinski definition) is 0. The zero-order chi connectivity index (χ0) is 14.4. The quantitative estimate of drug-likeness (QED) is 0.774. The van der Waals surface area contributed by atoms with Gasteiger partial charge in [0.05, 0.1) is 14.2 Å². The molecule has 0 unspecified atom stereocenters. The predicted molar refractivity (Wildman–Crippen MR) is 77.9 cm³/mol. The summed E-state index contributed by atoms with van der Waals surface area (Å²) in [5.74, 6) is 0.776. The van der Waals surface area contributed by atoms with Crippen molar-refractivity contribution in [2.75, 3.05) is 27.3 Å². The van der Waals surface area contributed by atoms with Crippen LogP contribution in [0.1, 0.15) is 24.8 Å². The maximum atomic E-state index is 11.8. The Morgan fingerprint density at radius 2 is 2.00 bits per heavy atom. The number of nitrogens with zero attached hydrogens (tertiary/aromatic N) is 1. The first kappa shape index (κ1) is 14.9. The number of likely N-dealkylation sites (tertiary alicyclic amines) is 1. The molecule has 20 heavy (non-hydrogen) atoms. The molecule has 1 aromatic carbocycles. The first-order chi connectivity index (χ1) is 9.74. The largest absolute Gasteiger partial charge is 0.497 e. The number of benzene rings is 1. The molecule has 0 spiro atoms. The molecule has 110 valence electrons. The van der Waals surface area contributed by atoms with E-state index in [1.807, 2.05) is 12.1 Å². The summed E-state index contributed by atoms with van der Waals surface area (Å²) >= 11 is 0. The minimum absolute atomic E-state index is 0.0630. The van der Waals surface area contributed by atoms with Crippen LogP contribution in [0.2, 0.25) is 0 Å². The molecule has 0 aliphatic carbocycles. The number of methoxy groups -OCH3 is 2. The first-order valence-electron chi connectivity index (χ1n) is 7.19. The van der Waals surface area contributed by atoms with Crippen LogP contribution < -0.4 is 4.74 Å². The van der Waals surface area contributed by atoms with Crippen molar-refractivity contribution in [2.45, 2.75) is 31.7 Å². The van der Waals surface area contributed by atoms with Crippen molar-refractivity contribution in [3.63, 3.8) is 0 Å². The van der Waals surface area contributed by atoms with Gasteiger partial charge in [0.15, 0.2) is 0 Å². The molecule has 0 saturated carbocycles. The van der Waals surface area contributed by atoms with Crippen molar-refractivity contribution >= 4 is 5.97 Å². The monoisotopic (exact) mass is 277 g/mol. The Morgan fingerprint density at radius 1 is 1.25 bits per heavy atom. The van der Waals surface area contributed by atoms with Crippen molar-refractivity contribution in [3.8, 4) is 5.75 Å². The molecular weight excluding hydrogens is 254 g/mol. The van der Waals surface area contributed by atoms with E-state index in [1.54, 1.807) is 7.11 Å². The van der Waals surface area contributed by atoms with Gasteiger partial charge in [-0.25, -0.2) is 0 Å². The number of carbonyl (C=O) groups excluding carboxylic acids is 1. The predicted octanol–water partition coefficient (Wildman–Crippen LogP) is 2.27. The third kappa shape index (κ3) is 3.73. The van der Waals surface area contributed by atoms with Crippen molar-refractivity contribution in [2.24, 2.45) is 0 Å². The Hall–Kier alpha value is -1.55. The van der Waals surface area contributed by atoms with Gasteiger partial charge >= 0.3 is 5.97 Å². The minimum atomic E-state index is -0.0977. The smallest absolute Gasteiger partial charge is 0.323 e. The van der Waals surface area contributed by atoms with Gasteiger partial charge in [0.1, 0.15) is 11.8 Å². The lowest BCUT2D eigenvalue weighted by atomic mass is 10.0. The fourth-order valence-electron chi connectivity index (χ4n) is 2.73. The molecule has 1 atom stereocenters. The average molecular weight is 277 g/mol. The van der Waals surface area contributed by atoms with Crippen molar-refractivity contribution < 1.29 is 14.3 Å². The first-order valence-corrected chi connectivity index (χ1v) is 7.19. The topological polar surface area (TPSA) is 38.8 Å². The van der Waals surface area contributed by atoms with E-state index < -0.39 is 0 Å². The zero-order valence-electron chi connectivity index (χ0n) is 12.3. The van der Waals surface area contributed by atoms with Gasteiger partial charge in [0, 0.05) is 6.54 Å². The molecule has 2 rings (SSSR count). The Labute approximate surface area is 120 Å². The number of carbonyl (C=O) groups is 1. The third-order valence-electron chi connectivity index (χ3n) is 3.93. The highest BCUT2D eigenvalue weighted by Crippen LogP contribution is 2.19. The van der Waals surface area contributed by atoms with Gasteiger partial charge in [-0.15, -0.1) is 0 Å². The van der Waals surface area contributed by atoms with E-state index in [9.17, 15) is 4.79 Å². The Morgan fingerprint density at radius 3 is 2.65 bits per heavy atom. The summed E-state index contributed by atoms with van der Waals surface area (Å²) in [4.78, 5) is 14.0. The summed E-state index contributed by atoms with van der Waals surface area (Å²) in [7, 11) is 3.14. The van der Waals surface area contributed by atoms with Crippen molar-refractivity contribution in [1.82, 2.24) is 4.90 Å². The number of rotatable bonds is 5. The number of piperidine rings is 1. The lowest BCUT2D eigenvalue weighted by molar-refractivity contribution is -0.148. The number of ether oxygens (including phenoxy) is 2. The van der Waals surface area contributed by atoms with Crippen LogP contribution in [-0.2, 0) is 16.0 Å². The SMILES string of the molecule is COC(=O)[C@H]1CCCCN1CCc1ccc(OC)cc1. The molecule has 1 fully saturated rings. The normalized spacial score (nSPS) is 19.6. The van der Waals surface area contributed by atoms with Crippen LogP contribution in [0.5, 0.6) is 5.75 Å². The van der Waals surface area contributed by atoms with Gasteiger partial charge in [-0.3, -0.25) is 9.69 Å². The van der Waals surface area contributed by atoms with Crippen LogP contribution >= 0.6 is 0 Å². The van der Waals surface area contributed by atoms with Gasteiger partial charge in [-0.2, -0.15) is 0 Å².